The first-order valence-electron chi connectivity index (χ1n) is 10.8. The average molecular weight is 516 g/mol. The second kappa shape index (κ2) is 12.4. The number of hydrogen-bond acceptors (Lipinski definition) is 8. The zero-order valence-corrected chi connectivity index (χ0v) is 20.7. The maximum absolute atomic E-state index is 8.49. The quantitative estimate of drug-likeness (QED) is 0.316. The van der Waals surface area contributed by atoms with E-state index in [0.717, 1.165) is 63.4 Å². The molecule has 9 nitrogen and oxygen atoms in total. The van der Waals surface area contributed by atoms with Crippen molar-refractivity contribution in [1.29, 1.82) is 0 Å². The van der Waals surface area contributed by atoms with Crippen molar-refractivity contribution in [2.75, 3.05) is 27.9 Å². The summed E-state index contributed by atoms with van der Waals surface area (Å²) in [7, 11) is 0.0159. The van der Waals surface area contributed by atoms with E-state index in [-0.39, 0.29) is 0 Å². The molecule has 1 heterocycles. The van der Waals surface area contributed by atoms with Crippen LogP contribution in [0.5, 0.6) is 17.2 Å². The Bertz CT molecular complexity index is 1340. The van der Waals surface area contributed by atoms with E-state index in [0.29, 0.717) is 0 Å². The molecule has 0 saturated heterocycles. The van der Waals surface area contributed by atoms with Crippen LogP contribution in [0.1, 0.15) is 5.56 Å². The molecule has 0 unspecified atom stereocenters. The Labute approximate surface area is 210 Å². The van der Waals surface area contributed by atoms with Crippen LogP contribution in [-0.4, -0.2) is 27.9 Å². The van der Waals surface area contributed by atoms with Crippen molar-refractivity contribution in [3.63, 3.8) is 0 Å². The van der Waals surface area contributed by atoms with Crippen molar-refractivity contribution >= 4 is 11.0 Å². The smallest absolute Gasteiger partial charge is 0.213 e. The second-order valence-corrected chi connectivity index (χ2v) is 8.25. The van der Waals surface area contributed by atoms with Gasteiger partial charge < -0.3 is 18.6 Å². The van der Waals surface area contributed by atoms with Crippen molar-refractivity contribution < 1.29 is 52.5 Å². The highest BCUT2D eigenvalue weighted by Crippen LogP contribution is 2.27. The van der Waals surface area contributed by atoms with E-state index in [1.807, 2.05) is 66.7 Å². The summed E-state index contributed by atoms with van der Waals surface area (Å²) >= 11 is 0. The minimum atomic E-state index is -4.94. The van der Waals surface area contributed by atoms with E-state index in [1.165, 1.54) is 0 Å². The van der Waals surface area contributed by atoms with Crippen molar-refractivity contribution in [2.24, 2.45) is 0 Å². The average Bonchev–Trinajstić information content (AvgIpc) is 2.87. The highest BCUT2D eigenvalue weighted by Gasteiger charge is 2.11. The summed E-state index contributed by atoms with van der Waals surface area (Å²) < 4.78 is 56.3. The molecule has 0 aliphatic carbocycles. The lowest BCUT2D eigenvalue weighted by molar-refractivity contribution is -2.00. The molecular weight excluding hydrogens is 490 g/mol. The van der Waals surface area contributed by atoms with Gasteiger partial charge in [0.2, 0.25) is 5.36 Å². The number of benzene rings is 3. The van der Waals surface area contributed by atoms with Gasteiger partial charge in [-0.15, -0.1) is 10.2 Å². The van der Waals surface area contributed by atoms with Crippen LogP contribution in [0.25, 0.3) is 22.3 Å². The Kier molecular flexibility index (Phi) is 9.29. The van der Waals surface area contributed by atoms with E-state index >= 15 is 0 Å². The molecule has 36 heavy (non-hydrogen) atoms. The molecule has 4 aromatic rings. The fraction of sp³-hybridized carbons (Fsp3) is 0.192. The minimum Gasteiger partial charge on any atom is -0.497 e. The molecule has 0 aliphatic rings. The van der Waals surface area contributed by atoms with Crippen LogP contribution in [0, 0.1) is 10.2 Å². The summed E-state index contributed by atoms with van der Waals surface area (Å²) in [6.45, 7) is 0.750. The predicted molar refractivity (Wildman–Crippen MR) is 120 cm³/mol. The second-order valence-electron chi connectivity index (χ2n) is 7.50. The Morgan fingerprint density at radius 2 is 1.47 bits per heavy atom. The van der Waals surface area contributed by atoms with Crippen LogP contribution in [-0.2, 0) is 6.42 Å². The van der Waals surface area contributed by atoms with Crippen molar-refractivity contribution in [3.8, 4) is 28.6 Å². The minimum absolute atomic E-state index is 0.731. The molecule has 190 valence electrons. The van der Waals surface area contributed by atoms with Crippen LogP contribution >= 0.6 is 0 Å². The third kappa shape index (κ3) is 7.70. The molecule has 1 N–H and O–H groups in total. The molecule has 0 amide bonds. The molecule has 0 bridgehead atoms. The molecule has 10 heteroatoms. The van der Waals surface area contributed by atoms with Gasteiger partial charge in [-0.1, -0.05) is 36.4 Å². The molecule has 0 atom stereocenters. The molecule has 3 aromatic carbocycles. The lowest BCUT2D eigenvalue weighted by Crippen LogP contribution is -2.77. The van der Waals surface area contributed by atoms with E-state index in [4.69, 9.17) is 37.3 Å². The summed E-state index contributed by atoms with van der Waals surface area (Å²) in [4.78, 5) is 3.58. The molecule has 0 aliphatic heterocycles. The monoisotopic (exact) mass is 515 g/mol. The van der Waals surface area contributed by atoms with Crippen LogP contribution < -0.4 is 43.2 Å². The lowest BCUT2D eigenvalue weighted by atomic mass is 10.1. The van der Waals surface area contributed by atoms with Crippen molar-refractivity contribution in [3.05, 3.63) is 83.7 Å². The summed E-state index contributed by atoms with van der Waals surface area (Å²) in [5.41, 5.74) is 3.00. The van der Waals surface area contributed by atoms with Gasteiger partial charge in [-0.3, -0.25) is 0 Å². The third-order valence-corrected chi connectivity index (χ3v) is 5.21. The Hall–Kier alpha value is -3.60. The van der Waals surface area contributed by atoms with E-state index in [9.17, 15) is 0 Å². The molecule has 0 fully saturated rings. The van der Waals surface area contributed by atoms with Gasteiger partial charge in [0, 0.05) is 12.0 Å². The Morgan fingerprint density at radius 3 is 2.11 bits per heavy atom. The van der Waals surface area contributed by atoms with Gasteiger partial charge in [-0.25, -0.2) is 23.6 Å². The van der Waals surface area contributed by atoms with Gasteiger partial charge >= 0.3 is 0 Å². The van der Waals surface area contributed by atoms with Crippen LogP contribution in [0.2, 0.25) is 0 Å². The first-order chi connectivity index (χ1) is 17.2. The van der Waals surface area contributed by atoms with Crippen LogP contribution in [0.15, 0.2) is 77.2 Å². The molecular formula is C26H26ClNO8. The predicted octanol–water partition coefficient (Wildman–Crippen LogP) is -1.41. The van der Waals surface area contributed by atoms with Gasteiger partial charge in [0.05, 0.1) is 32.8 Å². The molecule has 1 aromatic heterocycles. The standard InChI is InChI=1S/C26H25NO4.ClHO4/c1-28-20-10-12-23-21(16-20)22(17-25(31-23)19-7-5-4-6-8-19)27-14-13-18-9-11-24(29-2)26(15-18)30-3;2-1(3,4)5/h4-12,15-17H,13-14H2,1-3H3;(H,2,3,4,5). The van der Waals surface area contributed by atoms with Crippen LogP contribution in [0.3, 0.4) is 0 Å². The highest BCUT2D eigenvalue weighted by molar-refractivity contribution is 5.79. The van der Waals surface area contributed by atoms with Crippen molar-refractivity contribution in [2.45, 2.75) is 6.42 Å². The number of rotatable bonds is 7. The number of methoxy groups -OCH3 is 3. The SMILES string of the molecule is COc1ccc2oc(-c3ccccc3)cc(=[NH+]CCc3ccc(OC)c(OC)c3)c2c1.[O-][Cl+3]([O-])([O-])[O-]. The largest absolute Gasteiger partial charge is 0.497 e. The molecule has 4 rings (SSSR count). The molecule has 0 radical (unpaired) electrons. The number of nitrogens with one attached hydrogen (secondary N) is 1. The van der Waals surface area contributed by atoms with Crippen molar-refractivity contribution in [1.82, 2.24) is 0 Å². The number of fused-ring (bicyclic) bond motifs is 1. The summed E-state index contributed by atoms with van der Waals surface area (Å²) in [6.07, 6.45) is 0.832. The maximum Gasteiger partial charge on any atom is 0.213 e. The fourth-order valence-electron chi connectivity index (χ4n) is 3.56. The third-order valence-electron chi connectivity index (χ3n) is 5.21. The lowest BCUT2D eigenvalue weighted by Gasteiger charge is -2.17. The zero-order chi connectivity index (χ0) is 26.1. The van der Waals surface area contributed by atoms with Gasteiger partial charge in [0.1, 0.15) is 23.6 Å². The normalized spacial score (nSPS) is 11.6. The first kappa shape index (κ1) is 27.0. The fourth-order valence-corrected chi connectivity index (χ4v) is 3.56. The van der Waals surface area contributed by atoms with Gasteiger partial charge in [-0.05, 0) is 35.9 Å². The maximum atomic E-state index is 8.49. The topological polar surface area (TPSA) is 147 Å². The molecule has 0 saturated carbocycles. The number of halogens is 1. The summed E-state index contributed by atoms with van der Waals surface area (Å²) in [5, 5.41) is 1.98. The summed E-state index contributed by atoms with van der Waals surface area (Å²) in [6, 6.07) is 24.0. The number of hydrogen-bond donors (Lipinski definition) is 1. The van der Waals surface area contributed by atoms with Crippen LogP contribution in [0.4, 0.5) is 0 Å². The van der Waals surface area contributed by atoms with E-state index in [2.05, 4.69) is 11.1 Å². The highest BCUT2D eigenvalue weighted by atomic mass is 35.7. The Balaban J connectivity index is 0.000000658. The zero-order valence-electron chi connectivity index (χ0n) is 20.0. The summed E-state index contributed by atoms with van der Waals surface area (Å²) in [5.74, 6) is 3.07. The van der Waals surface area contributed by atoms with E-state index < -0.39 is 10.2 Å². The Morgan fingerprint density at radius 1 is 0.778 bits per heavy atom. The number of ether oxygens (including phenoxy) is 3. The molecule has 0 spiro atoms. The van der Waals surface area contributed by atoms with Gasteiger partial charge in [-0.2, -0.15) is 0 Å². The van der Waals surface area contributed by atoms with Gasteiger partial charge in [0.25, 0.3) is 0 Å². The van der Waals surface area contributed by atoms with E-state index in [1.54, 1.807) is 21.3 Å². The van der Waals surface area contributed by atoms with Gasteiger partial charge in [0.15, 0.2) is 11.5 Å². The first-order valence-corrected chi connectivity index (χ1v) is 12.0.